The molecule has 0 bridgehead atoms. The van der Waals surface area contributed by atoms with Crippen LogP contribution in [0.15, 0.2) is 42.2 Å². The summed E-state index contributed by atoms with van der Waals surface area (Å²) in [5, 5.41) is 2.80. The van der Waals surface area contributed by atoms with E-state index >= 15 is 0 Å². The van der Waals surface area contributed by atoms with E-state index in [0.29, 0.717) is 5.76 Å². The molecular weight excluding hydrogens is 346 g/mol. The Morgan fingerprint density at radius 3 is 2.54 bits per heavy atom. The third kappa shape index (κ3) is 6.52. The highest BCUT2D eigenvalue weighted by atomic mass is 32.2. The molecule has 0 spiro atoms. The van der Waals surface area contributed by atoms with Crippen molar-refractivity contribution in [2.45, 2.75) is 63.5 Å². The standard InChI is InChI=1S/C21H29NO3S/c1-3-4-5-6-7-11-14-21(2)18(15-20(24)26-21)25-16-19(23)22-17-12-9-8-10-13-17/h8-10,12-13,15H,3-7,11,14,16H2,1-2H3,(H,22,23). The van der Waals surface area contributed by atoms with Gasteiger partial charge >= 0.3 is 0 Å². The second-order valence-electron chi connectivity index (χ2n) is 6.88. The Morgan fingerprint density at radius 1 is 1.12 bits per heavy atom. The summed E-state index contributed by atoms with van der Waals surface area (Å²) in [5.74, 6) is 0.410. The quantitative estimate of drug-likeness (QED) is 0.533. The highest BCUT2D eigenvalue weighted by Gasteiger charge is 2.39. The van der Waals surface area contributed by atoms with Gasteiger partial charge in [-0.25, -0.2) is 0 Å². The van der Waals surface area contributed by atoms with Crippen molar-refractivity contribution in [3.05, 3.63) is 42.2 Å². The van der Waals surface area contributed by atoms with Crippen LogP contribution in [-0.2, 0) is 14.3 Å². The summed E-state index contributed by atoms with van der Waals surface area (Å²) in [6.07, 6.45) is 9.71. The number of carbonyl (C=O) groups is 2. The molecule has 1 aliphatic rings. The van der Waals surface area contributed by atoms with Crippen LogP contribution in [0.4, 0.5) is 5.69 Å². The van der Waals surface area contributed by atoms with Crippen LogP contribution >= 0.6 is 11.8 Å². The van der Waals surface area contributed by atoms with Gasteiger partial charge in [-0.05, 0) is 25.5 Å². The normalized spacial score (nSPS) is 19.3. The Kier molecular flexibility index (Phi) is 8.23. The molecule has 1 aromatic carbocycles. The van der Waals surface area contributed by atoms with Gasteiger partial charge in [-0.3, -0.25) is 9.59 Å². The minimum atomic E-state index is -0.352. The molecule has 1 atom stereocenters. The lowest BCUT2D eigenvalue weighted by molar-refractivity contribution is -0.119. The molecule has 26 heavy (non-hydrogen) atoms. The van der Waals surface area contributed by atoms with E-state index in [0.717, 1.165) is 18.5 Å². The third-order valence-electron chi connectivity index (χ3n) is 4.52. The zero-order chi connectivity index (χ0) is 18.8. The highest BCUT2D eigenvalue weighted by molar-refractivity contribution is 8.15. The molecular formula is C21H29NO3S. The zero-order valence-corrected chi connectivity index (χ0v) is 16.6. The van der Waals surface area contributed by atoms with Crippen molar-refractivity contribution in [1.29, 1.82) is 0 Å². The van der Waals surface area contributed by atoms with Crippen LogP contribution < -0.4 is 5.32 Å². The average molecular weight is 376 g/mol. The van der Waals surface area contributed by atoms with Gasteiger partial charge in [-0.2, -0.15) is 0 Å². The molecule has 1 heterocycles. The number of rotatable bonds is 11. The largest absolute Gasteiger partial charge is 0.486 e. The molecule has 0 radical (unpaired) electrons. The summed E-state index contributed by atoms with van der Waals surface area (Å²) in [6, 6.07) is 9.28. The Labute approximate surface area is 160 Å². The lowest BCUT2D eigenvalue weighted by atomic mass is 9.99. The van der Waals surface area contributed by atoms with Crippen LogP contribution in [0.5, 0.6) is 0 Å². The molecule has 1 amide bonds. The van der Waals surface area contributed by atoms with E-state index in [2.05, 4.69) is 12.2 Å². The van der Waals surface area contributed by atoms with E-state index in [4.69, 9.17) is 4.74 Å². The first-order valence-electron chi connectivity index (χ1n) is 9.46. The number of hydrogen-bond donors (Lipinski definition) is 1. The van der Waals surface area contributed by atoms with Gasteiger partial charge in [0.2, 0.25) is 5.12 Å². The van der Waals surface area contributed by atoms with Crippen LogP contribution in [0.2, 0.25) is 0 Å². The number of amides is 1. The highest BCUT2D eigenvalue weighted by Crippen LogP contribution is 2.44. The molecule has 1 N–H and O–H groups in total. The molecule has 1 aromatic rings. The van der Waals surface area contributed by atoms with E-state index in [1.807, 2.05) is 37.3 Å². The molecule has 0 saturated heterocycles. The summed E-state index contributed by atoms with van der Waals surface area (Å²) in [6.45, 7) is 4.17. The van der Waals surface area contributed by atoms with Gasteiger partial charge in [0, 0.05) is 11.8 Å². The van der Waals surface area contributed by atoms with Crippen molar-refractivity contribution < 1.29 is 14.3 Å². The summed E-state index contributed by atoms with van der Waals surface area (Å²) >= 11 is 1.31. The third-order valence-corrected chi connectivity index (χ3v) is 5.69. The van der Waals surface area contributed by atoms with Crippen molar-refractivity contribution in [1.82, 2.24) is 0 Å². The smallest absolute Gasteiger partial charge is 0.262 e. The van der Waals surface area contributed by atoms with Gasteiger partial charge in [0.1, 0.15) is 5.76 Å². The Balaban J connectivity index is 1.79. The average Bonchev–Trinajstić information content (AvgIpc) is 2.91. The van der Waals surface area contributed by atoms with Crippen molar-refractivity contribution in [3.63, 3.8) is 0 Å². The number of unbranched alkanes of at least 4 members (excludes halogenated alkanes) is 5. The van der Waals surface area contributed by atoms with Gasteiger partial charge in [-0.1, -0.05) is 75.4 Å². The SMILES string of the molecule is CCCCCCCCC1(C)SC(=O)C=C1OCC(=O)Nc1ccccc1. The van der Waals surface area contributed by atoms with E-state index in [1.54, 1.807) is 0 Å². The minimum Gasteiger partial charge on any atom is -0.486 e. The van der Waals surface area contributed by atoms with Gasteiger partial charge in [0.15, 0.2) is 6.61 Å². The van der Waals surface area contributed by atoms with Gasteiger partial charge in [0.05, 0.1) is 4.75 Å². The van der Waals surface area contributed by atoms with Crippen LogP contribution in [0.1, 0.15) is 58.8 Å². The summed E-state index contributed by atoms with van der Waals surface area (Å²) in [4.78, 5) is 24.0. The maximum atomic E-state index is 12.1. The summed E-state index contributed by atoms with van der Waals surface area (Å²) < 4.78 is 5.37. The number of para-hydroxylation sites is 1. The lowest BCUT2D eigenvalue weighted by Gasteiger charge is -2.26. The second kappa shape index (κ2) is 10.4. The van der Waals surface area contributed by atoms with Crippen molar-refractivity contribution in [3.8, 4) is 0 Å². The van der Waals surface area contributed by atoms with Gasteiger partial charge in [-0.15, -0.1) is 0 Å². The van der Waals surface area contributed by atoms with Crippen molar-refractivity contribution in [2.24, 2.45) is 0 Å². The fraction of sp³-hybridized carbons (Fsp3) is 0.524. The van der Waals surface area contributed by atoms with E-state index in [-0.39, 0.29) is 22.4 Å². The van der Waals surface area contributed by atoms with Gasteiger partial charge < -0.3 is 10.1 Å². The summed E-state index contributed by atoms with van der Waals surface area (Å²) in [7, 11) is 0. The van der Waals surface area contributed by atoms with Crippen molar-refractivity contribution >= 4 is 28.5 Å². The second-order valence-corrected chi connectivity index (χ2v) is 8.39. The molecule has 0 saturated carbocycles. The number of carbonyl (C=O) groups excluding carboxylic acids is 2. The van der Waals surface area contributed by atoms with E-state index < -0.39 is 0 Å². The fourth-order valence-electron chi connectivity index (χ4n) is 3.03. The predicted octanol–water partition coefficient (Wildman–Crippen LogP) is 5.31. The molecule has 2 rings (SSSR count). The van der Waals surface area contributed by atoms with E-state index in [9.17, 15) is 9.59 Å². The number of ether oxygens (including phenoxy) is 1. The molecule has 142 valence electrons. The Hall–Kier alpha value is -1.75. The number of benzene rings is 1. The van der Waals surface area contributed by atoms with Crippen LogP contribution in [-0.4, -0.2) is 22.4 Å². The monoisotopic (exact) mass is 375 g/mol. The van der Waals surface area contributed by atoms with Crippen LogP contribution in [0, 0.1) is 0 Å². The molecule has 5 heteroatoms. The van der Waals surface area contributed by atoms with Gasteiger partial charge in [0.25, 0.3) is 5.91 Å². The number of hydrogen-bond acceptors (Lipinski definition) is 4. The maximum Gasteiger partial charge on any atom is 0.262 e. The molecule has 0 aliphatic carbocycles. The molecule has 4 nitrogen and oxygen atoms in total. The first-order valence-corrected chi connectivity index (χ1v) is 10.3. The number of anilines is 1. The molecule has 0 fully saturated rings. The molecule has 1 unspecified atom stereocenters. The topological polar surface area (TPSA) is 55.4 Å². The maximum absolute atomic E-state index is 12.1. The van der Waals surface area contributed by atoms with Crippen LogP contribution in [0.3, 0.4) is 0 Å². The first kappa shape index (κ1) is 20.6. The fourth-order valence-corrected chi connectivity index (χ4v) is 4.11. The van der Waals surface area contributed by atoms with E-state index in [1.165, 1.54) is 49.9 Å². The molecule has 0 aromatic heterocycles. The Morgan fingerprint density at radius 2 is 1.81 bits per heavy atom. The first-order chi connectivity index (χ1) is 12.5. The lowest BCUT2D eigenvalue weighted by Crippen LogP contribution is -2.26. The van der Waals surface area contributed by atoms with Crippen LogP contribution in [0.25, 0.3) is 0 Å². The number of nitrogens with one attached hydrogen (secondary N) is 1. The van der Waals surface area contributed by atoms with Crippen molar-refractivity contribution in [2.75, 3.05) is 11.9 Å². The predicted molar refractivity (Wildman–Crippen MR) is 108 cm³/mol. The number of thioether (sulfide) groups is 1. The molecule has 1 aliphatic heterocycles. The minimum absolute atomic E-state index is 0.0111. The Bertz CT molecular complexity index is 629. The zero-order valence-electron chi connectivity index (χ0n) is 15.8. The summed E-state index contributed by atoms with van der Waals surface area (Å²) in [5.41, 5.74) is 0.738.